The topological polar surface area (TPSA) is 58.1 Å². The van der Waals surface area contributed by atoms with Gasteiger partial charge in [-0.2, -0.15) is 0 Å². The molecule has 0 aromatic heterocycles. The van der Waals surface area contributed by atoms with Crippen molar-refractivity contribution in [1.29, 1.82) is 0 Å². The minimum absolute atomic E-state index is 0. The van der Waals surface area contributed by atoms with Gasteiger partial charge in [-0.15, -0.1) is 24.0 Å². The number of methoxy groups -OCH3 is 2. The number of hydrogen-bond acceptors (Lipinski definition) is 4. The number of likely N-dealkylation sites (tertiary alicyclic amines) is 1. The average Bonchev–Trinajstić information content (AvgIpc) is 2.68. The third kappa shape index (κ3) is 7.94. The third-order valence-electron chi connectivity index (χ3n) is 5.00. The van der Waals surface area contributed by atoms with Gasteiger partial charge in [-0.25, -0.2) is 0 Å². The Balaban J connectivity index is 0.00000392. The third-order valence-corrected chi connectivity index (χ3v) is 5.59. The normalized spacial score (nSPS) is 15.7. The molecule has 2 rings (SSSR count). The maximum absolute atomic E-state index is 5.40. The van der Waals surface area contributed by atoms with Crippen LogP contribution in [0.5, 0.6) is 11.5 Å². The van der Waals surface area contributed by atoms with Gasteiger partial charge in [0.25, 0.3) is 0 Å². The van der Waals surface area contributed by atoms with E-state index in [4.69, 9.17) is 9.47 Å². The Kier molecular flexibility index (Phi) is 12.2. The maximum atomic E-state index is 5.40. The van der Waals surface area contributed by atoms with Crippen LogP contribution < -0.4 is 20.1 Å². The first-order chi connectivity index (χ1) is 13.1. The summed E-state index contributed by atoms with van der Waals surface area (Å²) in [5.41, 5.74) is 1.09. The molecular weight excluding hydrogens is 535 g/mol. The number of halogens is 2. The number of nitrogens with zero attached hydrogens (tertiary/aromatic N) is 2. The molecule has 2 N–H and O–H groups in total. The zero-order chi connectivity index (χ0) is 19.6. The Morgan fingerprint density at radius 3 is 2.54 bits per heavy atom. The lowest BCUT2D eigenvalue weighted by Crippen LogP contribution is -2.39. The summed E-state index contributed by atoms with van der Waals surface area (Å²) in [6, 6.07) is 4.00. The highest BCUT2D eigenvalue weighted by Gasteiger charge is 2.15. The van der Waals surface area contributed by atoms with Crippen LogP contribution in [0.3, 0.4) is 0 Å². The van der Waals surface area contributed by atoms with Gasteiger partial charge in [0.15, 0.2) is 17.5 Å². The van der Waals surface area contributed by atoms with Gasteiger partial charge in [0.1, 0.15) is 0 Å². The van der Waals surface area contributed by atoms with Crippen molar-refractivity contribution in [2.45, 2.75) is 32.7 Å². The summed E-state index contributed by atoms with van der Waals surface area (Å²) >= 11 is 3.53. The summed E-state index contributed by atoms with van der Waals surface area (Å²) in [6.45, 7) is 7.56. The molecule has 1 aromatic rings. The van der Waals surface area contributed by atoms with Crippen LogP contribution in [0.15, 0.2) is 21.6 Å². The Morgan fingerprint density at radius 1 is 1.21 bits per heavy atom. The number of hydrogen-bond donors (Lipinski definition) is 2. The van der Waals surface area contributed by atoms with Crippen molar-refractivity contribution in [2.24, 2.45) is 10.9 Å². The molecule has 1 saturated heterocycles. The molecule has 1 heterocycles. The highest BCUT2D eigenvalue weighted by Crippen LogP contribution is 2.36. The molecule has 8 heteroatoms. The lowest BCUT2D eigenvalue weighted by molar-refractivity contribution is 0.191. The van der Waals surface area contributed by atoms with Gasteiger partial charge in [0.05, 0.1) is 18.7 Å². The maximum Gasteiger partial charge on any atom is 0.191 e. The van der Waals surface area contributed by atoms with Crippen molar-refractivity contribution in [3.8, 4) is 11.5 Å². The smallest absolute Gasteiger partial charge is 0.191 e. The Hall–Kier alpha value is -0.740. The largest absolute Gasteiger partial charge is 0.493 e. The fourth-order valence-electron chi connectivity index (χ4n) is 3.27. The fraction of sp³-hybridized carbons (Fsp3) is 0.650. The van der Waals surface area contributed by atoms with Crippen LogP contribution in [0.25, 0.3) is 0 Å². The summed E-state index contributed by atoms with van der Waals surface area (Å²) in [5.74, 6) is 3.12. The molecule has 1 aliphatic heterocycles. The van der Waals surface area contributed by atoms with E-state index in [1.807, 2.05) is 12.1 Å². The number of guanidine groups is 1. The lowest BCUT2D eigenvalue weighted by atomic mass is 9.99. The van der Waals surface area contributed by atoms with Gasteiger partial charge < -0.3 is 25.0 Å². The summed E-state index contributed by atoms with van der Waals surface area (Å²) in [5, 5.41) is 6.75. The molecule has 0 atom stereocenters. The van der Waals surface area contributed by atoms with E-state index in [0.29, 0.717) is 18.0 Å². The van der Waals surface area contributed by atoms with Crippen molar-refractivity contribution in [3.63, 3.8) is 0 Å². The minimum atomic E-state index is 0. The molecule has 0 bridgehead atoms. The van der Waals surface area contributed by atoms with Gasteiger partial charge in [0, 0.05) is 20.1 Å². The first-order valence-corrected chi connectivity index (χ1v) is 10.4. The molecule has 0 unspecified atom stereocenters. The molecule has 0 aliphatic carbocycles. The second kappa shape index (κ2) is 13.5. The van der Waals surface area contributed by atoms with Crippen LogP contribution in [0, 0.1) is 5.92 Å². The van der Waals surface area contributed by atoms with Crippen LogP contribution in [-0.4, -0.2) is 58.3 Å². The molecule has 0 saturated carbocycles. The number of rotatable bonds is 8. The van der Waals surface area contributed by atoms with E-state index in [9.17, 15) is 0 Å². The number of aliphatic imine (C=N–C) groups is 1. The first-order valence-electron chi connectivity index (χ1n) is 9.64. The highest BCUT2D eigenvalue weighted by atomic mass is 127. The number of nitrogens with one attached hydrogen (secondary N) is 2. The van der Waals surface area contributed by atoms with E-state index in [1.165, 1.54) is 25.9 Å². The predicted molar refractivity (Wildman–Crippen MR) is 130 cm³/mol. The van der Waals surface area contributed by atoms with Crippen LogP contribution in [-0.2, 0) is 6.54 Å². The van der Waals surface area contributed by atoms with Crippen LogP contribution >= 0.6 is 39.9 Å². The summed E-state index contributed by atoms with van der Waals surface area (Å²) < 4.78 is 11.6. The quantitative estimate of drug-likeness (QED) is 0.216. The molecule has 0 spiro atoms. The monoisotopic (exact) mass is 568 g/mol. The molecule has 1 fully saturated rings. The van der Waals surface area contributed by atoms with E-state index in [0.717, 1.165) is 41.4 Å². The summed E-state index contributed by atoms with van der Waals surface area (Å²) in [6.07, 6.45) is 3.78. The van der Waals surface area contributed by atoms with Crippen LogP contribution in [0.2, 0.25) is 0 Å². The average molecular weight is 569 g/mol. The van der Waals surface area contributed by atoms with Crippen molar-refractivity contribution < 1.29 is 9.47 Å². The molecule has 0 radical (unpaired) electrons. The van der Waals surface area contributed by atoms with Gasteiger partial charge >= 0.3 is 0 Å². The number of ether oxygens (including phenoxy) is 2. The Morgan fingerprint density at radius 2 is 1.93 bits per heavy atom. The molecule has 28 heavy (non-hydrogen) atoms. The van der Waals surface area contributed by atoms with Crippen molar-refractivity contribution in [2.75, 3.05) is 47.4 Å². The summed E-state index contributed by atoms with van der Waals surface area (Å²) in [4.78, 5) is 6.88. The van der Waals surface area contributed by atoms with Crippen LogP contribution in [0.4, 0.5) is 0 Å². The second-order valence-corrected chi connectivity index (χ2v) is 7.90. The highest BCUT2D eigenvalue weighted by molar-refractivity contribution is 14.0. The lowest BCUT2D eigenvalue weighted by Gasteiger charge is -2.30. The van der Waals surface area contributed by atoms with E-state index in [-0.39, 0.29) is 24.0 Å². The van der Waals surface area contributed by atoms with E-state index < -0.39 is 0 Å². The molecular formula is C20H34BrIN4O2. The zero-order valence-corrected chi connectivity index (χ0v) is 21.3. The van der Waals surface area contributed by atoms with Crippen molar-refractivity contribution in [1.82, 2.24) is 15.5 Å². The molecule has 160 valence electrons. The first kappa shape index (κ1) is 25.3. The second-order valence-electron chi connectivity index (χ2n) is 7.04. The molecule has 1 aromatic carbocycles. The van der Waals surface area contributed by atoms with E-state index in [2.05, 4.69) is 43.4 Å². The zero-order valence-electron chi connectivity index (χ0n) is 17.4. The van der Waals surface area contributed by atoms with Crippen molar-refractivity contribution >= 4 is 45.9 Å². The van der Waals surface area contributed by atoms with Gasteiger partial charge in [0.2, 0.25) is 0 Å². The number of benzene rings is 1. The molecule has 6 nitrogen and oxygen atoms in total. The standard InChI is InChI=1S/C20H33BrN4O2.HI/c1-15-6-10-25(11-7-15)9-5-8-23-20(22-2)24-14-16-12-17(21)19(27-4)18(13-16)26-3;/h12-13,15H,5-11,14H2,1-4H3,(H2,22,23,24);1H. The molecule has 1 aliphatic rings. The summed E-state index contributed by atoms with van der Waals surface area (Å²) in [7, 11) is 5.08. The number of piperidine rings is 1. The van der Waals surface area contributed by atoms with Gasteiger partial charge in [-0.05, 0) is 78.4 Å². The van der Waals surface area contributed by atoms with Gasteiger partial charge in [-0.1, -0.05) is 6.92 Å². The Labute approximate surface area is 195 Å². The van der Waals surface area contributed by atoms with E-state index in [1.54, 1.807) is 21.3 Å². The SMILES string of the molecule is CN=C(NCCCN1CCC(C)CC1)NCc1cc(Br)c(OC)c(OC)c1.I. The van der Waals surface area contributed by atoms with Crippen LogP contribution in [0.1, 0.15) is 31.7 Å². The predicted octanol–water partition coefficient (Wildman–Crippen LogP) is 3.87. The Bertz CT molecular complexity index is 622. The van der Waals surface area contributed by atoms with Gasteiger partial charge in [-0.3, -0.25) is 4.99 Å². The molecule has 0 amide bonds. The van der Waals surface area contributed by atoms with Crippen molar-refractivity contribution in [3.05, 3.63) is 22.2 Å². The minimum Gasteiger partial charge on any atom is -0.493 e. The van der Waals surface area contributed by atoms with E-state index >= 15 is 0 Å². The fourth-order valence-corrected chi connectivity index (χ4v) is 3.93.